The van der Waals surface area contributed by atoms with E-state index in [-0.39, 0.29) is 6.54 Å². The molecule has 0 radical (unpaired) electrons. The van der Waals surface area contributed by atoms with Gasteiger partial charge in [-0.2, -0.15) is 18.0 Å². The van der Waals surface area contributed by atoms with E-state index in [2.05, 4.69) is 15.4 Å². The van der Waals surface area contributed by atoms with Crippen LogP contribution in [0.2, 0.25) is 0 Å². The zero-order chi connectivity index (χ0) is 17.0. The van der Waals surface area contributed by atoms with Gasteiger partial charge in [-0.3, -0.25) is 4.79 Å². The highest BCUT2D eigenvalue weighted by atomic mass is 19.4. The maximum absolute atomic E-state index is 12.3. The molecule has 1 aromatic carbocycles. The Balaban J connectivity index is 1.97. The molecular weight excluding hydrogens is 315 g/mol. The van der Waals surface area contributed by atoms with E-state index in [1.807, 2.05) is 6.07 Å². The molecule has 0 saturated heterocycles. The van der Waals surface area contributed by atoms with Crippen molar-refractivity contribution in [1.82, 2.24) is 25.1 Å². The summed E-state index contributed by atoms with van der Waals surface area (Å²) in [6.07, 6.45) is -7.37. The van der Waals surface area contributed by atoms with Gasteiger partial charge >= 0.3 is 6.18 Å². The molecule has 2 rings (SSSR count). The Labute approximate surface area is 129 Å². The molecule has 0 bridgehead atoms. The topological polar surface area (TPSA) is 84.1 Å². The number of hydrogen-bond donors (Lipinski definition) is 1. The molecule has 124 valence electrons. The third kappa shape index (κ3) is 4.49. The minimum atomic E-state index is -4.78. The van der Waals surface area contributed by atoms with Crippen LogP contribution in [-0.4, -0.2) is 62.0 Å². The van der Waals surface area contributed by atoms with Gasteiger partial charge in [-0.25, -0.2) is 0 Å². The number of nitrogens with zero attached hydrogens (tertiary/aromatic N) is 5. The summed E-state index contributed by atoms with van der Waals surface area (Å²) in [7, 11) is 1.16. The van der Waals surface area contributed by atoms with Crippen LogP contribution in [0.5, 0.6) is 0 Å². The third-order valence-corrected chi connectivity index (χ3v) is 3.01. The molecule has 0 aliphatic carbocycles. The lowest BCUT2D eigenvalue weighted by atomic mass is 10.2. The average Bonchev–Trinajstić information content (AvgIpc) is 2.95. The summed E-state index contributed by atoms with van der Waals surface area (Å²) < 4.78 is 36.8. The summed E-state index contributed by atoms with van der Waals surface area (Å²) in [6, 6.07) is 8.91. The Hall–Kier alpha value is -2.49. The number of hydrogen-bond acceptors (Lipinski definition) is 5. The fraction of sp³-hybridized carbons (Fsp3) is 0.385. The number of carbonyl (C=O) groups is 1. The standard InChI is InChI=1S/C13H14F3N5O2/c1-20(7-10(22)13(14,15)16)11(23)8-21-18-12(17-19-21)9-5-3-2-4-6-9/h2-6,10,22H,7-8H2,1H3. The Morgan fingerprint density at radius 3 is 2.61 bits per heavy atom. The molecule has 0 aliphatic rings. The molecule has 0 aliphatic heterocycles. The van der Waals surface area contributed by atoms with E-state index >= 15 is 0 Å². The highest BCUT2D eigenvalue weighted by Gasteiger charge is 2.39. The molecule has 0 saturated carbocycles. The normalized spacial score (nSPS) is 12.9. The maximum Gasteiger partial charge on any atom is 0.416 e. The van der Waals surface area contributed by atoms with Crippen molar-refractivity contribution < 1.29 is 23.1 Å². The summed E-state index contributed by atoms with van der Waals surface area (Å²) in [4.78, 5) is 13.6. The molecule has 1 unspecified atom stereocenters. The highest BCUT2D eigenvalue weighted by Crippen LogP contribution is 2.20. The average molecular weight is 329 g/mol. The molecule has 1 heterocycles. The number of halogens is 3. The van der Waals surface area contributed by atoms with Crippen molar-refractivity contribution in [2.45, 2.75) is 18.8 Å². The lowest BCUT2D eigenvalue weighted by Crippen LogP contribution is -2.43. The van der Waals surface area contributed by atoms with Crippen LogP contribution in [-0.2, 0) is 11.3 Å². The summed E-state index contributed by atoms with van der Waals surface area (Å²) >= 11 is 0. The first-order valence-electron chi connectivity index (χ1n) is 6.59. The molecule has 1 aromatic heterocycles. The molecule has 1 amide bonds. The quantitative estimate of drug-likeness (QED) is 0.874. The van der Waals surface area contributed by atoms with Crippen molar-refractivity contribution in [3.8, 4) is 11.4 Å². The maximum atomic E-state index is 12.3. The van der Waals surface area contributed by atoms with Gasteiger partial charge < -0.3 is 10.0 Å². The minimum absolute atomic E-state index is 0.302. The van der Waals surface area contributed by atoms with Crippen LogP contribution in [0.4, 0.5) is 13.2 Å². The Kier molecular flexibility index (Phi) is 4.94. The predicted octanol–water partition coefficient (Wildman–Crippen LogP) is 0.722. The number of likely N-dealkylation sites (N-methyl/N-ethyl adjacent to an activating group) is 1. The highest BCUT2D eigenvalue weighted by molar-refractivity contribution is 5.75. The number of alkyl halides is 3. The van der Waals surface area contributed by atoms with Gasteiger partial charge in [-0.1, -0.05) is 30.3 Å². The molecule has 0 fully saturated rings. The fourth-order valence-corrected chi connectivity index (χ4v) is 1.72. The van der Waals surface area contributed by atoms with Crippen molar-refractivity contribution in [3.63, 3.8) is 0 Å². The van der Waals surface area contributed by atoms with E-state index in [0.717, 1.165) is 16.7 Å². The van der Waals surface area contributed by atoms with Crippen LogP contribution in [0.15, 0.2) is 30.3 Å². The van der Waals surface area contributed by atoms with Crippen molar-refractivity contribution in [2.75, 3.05) is 13.6 Å². The lowest BCUT2D eigenvalue weighted by molar-refractivity contribution is -0.207. The minimum Gasteiger partial charge on any atom is -0.382 e. The molecule has 7 nitrogen and oxygen atoms in total. The molecule has 0 spiro atoms. The second-order valence-electron chi connectivity index (χ2n) is 4.84. The molecule has 1 N–H and O–H groups in total. The van der Waals surface area contributed by atoms with E-state index in [4.69, 9.17) is 5.11 Å². The predicted molar refractivity (Wildman–Crippen MR) is 73.0 cm³/mol. The monoisotopic (exact) mass is 329 g/mol. The Morgan fingerprint density at radius 2 is 2.00 bits per heavy atom. The van der Waals surface area contributed by atoms with Gasteiger partial charge in [0, 0.05) is 12.6 Å². The van der Waals surface area contributed by atoms with Gasteiger partial charge in [0.15, 0.2) is 6.10 Å². The van der Waals surface area contributed by atoms with Crippen molar-refractivity contribution in [2.24, 2.45) is 0 Å². The van der Waals surface area contributed by atoms with E-state index < -0.39 is 24.7 Å². The molecule has 2 aromatic rings. The second kappa shape index (κ2) is 6.73. The number of rotatable bonds is 5. The number of benzene rings is 1. The van der Waals surface area contributed by atoms with E-state index in [0.29, 0.717) is 11.4 Å². The molecule has 1 atom stereocenters. The largest absolute Gasteiger partial charge is 0.416 e. The van der Waals surface area contributed by atoms with E-state index in [9.17, 15) is 18.0 Å². The zero-order valence-corrected chi connectivity index (χ0v) is 12.1. The van der Waals surface area contributed by atoms with Crippen molar-refractivity contribution in [3.05, 3.63) is 30.3 Å². The summed E-state index contributed by atoms with van der Waals surface area (Å²) in [6.45, 7) is -1.23. The van der Waals surface area contributed by atoms with Gasteiger partial charge in [0.2, 0.25) is 11.7 Å². The van der Waals surface area contributed by atoms with Crippen LogP contribution in [0.25, 0.3) is 11.4 Å². The van der Waals surface area contributed by atoms with E-state index in [1.165, 1.54) is 0 Å². The molecule has 23 heavy (non-hydrogen) atoms. The number of aliphatic hydroxyl groups is 1. The van der Waals surface area contributed by atoms with Gasteiger partial charge in [0.05, 0.1) is 6.54 Å². The Morgan fingerprint density at radius 1 is 1.35 bits per heavy atom. The van der Waals surface area contributed by atoms with Crippen LogP contribution >= 0.6 is 0 Å². The number of amides is 1. The first-order chi connectivity index (χ1) is 10.8. The first kappa shape index (κ1) is 16.9. The van der Waals surface area contributed by atoms with Gasteiger partial charge in [-0.15, -0.1) is 10.2 Å². The fourth-order valence-electron chi connectivity index (χ4n) is 1.72. The van der Waals surface area contributed by atoms with Crippen LogP contribution in [0.3, 0.4) is 0 Å². The van der Waals surface area contributed by atoms with Crippen molar-refractivity contribution in [1.29, 1.82) is 0 Å². The number of aromatic nitrogens is 4. The number of carbonyl (C=O) groups excluding carboxylic acids is 1. The summed E-state index contributed by atoms with van der Waals surface area (Å²) in [5.74, 6) is -0.373. The lowest BCUT2D eigenvalue weighted by Gasteiger charge is -2.22. The van der Waals surface area contributed by atoms with Gasteiger partial charge in [0.25, 0.3) is 0 Å². The third-order valence-electron chi connectivity index (χ3n) is 3.01. The van der Waals surface area contributed by atoms with E-state index in [1.54, 1.807) is 24.3 Å². The van der Waals surface area contributed by atoms with Crippen LogP contribution < -0.4 is 0 Å². The molecule has 10 heteroatoms. The SMILES string of the molecule is CN(CC(O)C(F)(F)F)C(=O)Cn1nnc(-c2ccccc2)n1. The van der Waals surface area contributed by atoms with Crippen LogP contribution in [0.1, 0.15) is 0 Å². The zero-order valence-electron chi connectivity index (χ0n) is 12.1. The Bertz CT molecular complexity index is 659. The number of aliphatic hydroxyl groups excluding tert-OH is 1. The van der Waals surface area contributed by atoms with Crippen LogP contribution in [0, 0.1) is 0 Å². The molecular formula is C13H14F3N5O2. The smallest absolute Gasteiger partial charge is 0.382 e. The second-order valence-corrected chi connectivity index (χ2v) is 4.84. The summed E-state index contributed by atoms with van der Waals surface area (Å²) in [5.41, 5.74) is 0.701. The number of tetrazole rings is 1. The van der Waals surface area contributed by atoms with Crippen molar-refractivity contribution >= 4 is 5.91 Å². The van der Waals surface area contributed by atoms with Gasteiger partial charge in [-0.05, 0) is 5.21 Å². The summed E-state index contributed by atoms with van der Waals surface area (Å²) in [5, 5.41) is 20.4. The first-order valence-corrected chi connectivity index (χ1v) is 6.59. The van der Waals surface area contributed by atoms with Gasteiger partial charge in [0.1, 0.15) is 6.54 Å².